The van der Waals surface area contributed by atoms with Gasteiger partial charge in [-0.25, -0.2) is 0 Å². The number of rotatable bonds is 8. The predicted molar refractivity (Wildman–Crippen MR) is 81.4 cm³/mol. The summed E-state index contributed by atoms with van der Waals surface area (Å²) in [4.78, 5) is 2.13. The molecule has 0 radical (unpaired) electrons. The van der Waals surface area contributed by atoms with Crippen LogP contribution in [0.2, 0.25) is 0 Å². The number of benzene rings is 1. The third kappa shape index (κ3) is 4.94. The standard InChI is InChI=1S/C16H28N2O/c1-5-6-14-7-9-15(10-8-14)16(2,13-19)17-11-12-18(3)4/h7-10,17,19H,5-6,11-13H2,1-4H3. The highest BCUT2D eigenvalue weighted by atomic mass is 16.3. The highest BCUT2D eigenvalue weighted by Crippen LogP contribution is 2.21. The molecule has 0 aliphatic carbocycles. The van der Waals surface area contributed by atoms with Crippen molar-refractivity contribution < 1.29 is 5.11 Å². The zero-order chi connectivity index (χ0) is 14.3. The van der Waals surface area contributed by atoms with Gasteiger partial charge < -0.3 is 15.3 Å². The molecular formula is C16H28N2O. The fourth-order valence-corrected chi connectivity index (χ4v) is 2.13. The molecule has 1 atom stereocenters. The Morgan fingerprint density at radius 3 is 2.32 bits per heavy atom. The summed E-state index contributed by atoms with van der Waals surface area (Å²) in [7, 11) is 4.11. The van der Waals surface area contributed by atoms with Gasteiger partial charge in [0.05, 0.1) is 12.1 Å². The molecule has 0 spiro atoms. The Morgan fingerprint density at radius 1 is 1.21 bits per heavy atom. The molecule has 0 saturated carbocycles. The summed E-state index contributed by atoms with van der Waals surface area (Å²) in [5.41, 5.74) is 2.15. The number of likely N-dealkylation sites (N-methyl/N-ethyl adjacent to an activating group) is 1. The van der Waals surface area contributed by atoms with Crippen LogP contribution in [0.3, 0.4) is 0 Å². The molecule has 3 heteroatoms. The molecule has 0 aliphatic heterocycles. The minimum Gasteiger partial charge on any atom is -0.394 e. The number of nitrogens with zero attached hydrogens (tertiary/aromatic N) is 1. The number of aliphatic hydroxyl groups excluding tert-OH is 1. The van der Waals surface area contributed by atoms with E-state index in [-0.39, 0.29) is 12.1 Å². The van der Waals surface area contributed by atoms with Crippen LogP contribution in [-0.4, -0.2) is 43.8 Å². The van der Waals surface area contributed by atoms with E-state index in [0.29, 0.717) is 0 Å². The first kappa shape index (κ1) is 16.2. The van der Waals surface area contributed by atoms with Crippen LogP contribution in [-0.2, 0) is 12.0 Å². The van der Waals surface area contributed by atoms with Crippen molar-refractivity contribution in [3.05, 3.63) is 35.4 Å². The first-order valence-corrected chi connectivity index (χ1v) is 7.12. The van der Waals surface area contributed by atoms with Crippen LogP contribution >= 0.6 is 0 Å². The Balaban J connectivity index is 2.71. The number of nitrogens with one attached hydrogen (secondary N) is 1. The third-order valence-corrected chi connectivity index (χ3v) is 3.52. The smallest absolute Gasteiger partial charge is 0.0652 e. The Morgan fingerprint density at radius 2 is 1.84 bits per heavy atom. The van der Waals surface area contributed by atoms with E-state index in [1.807, 2.05) is 0 Å². The zero-order valence-corrected chi connectivity index (χ0v) is 12.7. The lowest BCUT2D eigenvalue weighted by Gasteiger charge is -2.30. The monoisotopic (exact) mass is 264 g/mol. The maximum atomic E-state index is 9.70. The summed E-state index contributed by atoms with van der Waals surface area (Å²) >= 11 is 0. The zero-order valence-electron chi connectivity index (χ0n) is 12.7. The van der Waals surface area contributed by atoms with E-state index in [4.69, 9.17) is 0 Å². The summed E-state index contributed by atoms with van der Waals surface area (Å²) < 4.78 is 0. The molecule has 0 amide bonds. The number of aliphatic hydroxyl groups is 1. The van der Waals surface area contributed by atoms with Crippen LogP contribution in [0.15, 0.2) is 24.3 Å². The normalized spacial score (nSPS) is 14.6. The minimum absolute atomic E-state index is 0.105. The van der Waals surface area contributed by atoms with E-state index >= 15 is 0 Å². The summed E-state index contributed by atoms with van der Waals surface area (Å²) in [6, 6.07) is 8.59. The van der Waals surface area contributed by atoms with Gasteiger partial charge in [-0.1, -0.05) is 37.6 Å². The summed E-state index contributed by atoms with van der Waals surface area (Å²) in [6.07, 6.45) is 2.28. The molecular weight excluding hydrogens is 236 g/mol. The molecule has 108 valence electrons. The van der Waals surface area contributed by atoms with Crippen LogP contribution in [0.1, 0.15) is 31.4 Å². The van der Waals surface area contributed by atoms with E-state index < -0.39 is 0 Å². The van der Waals surface area contributed by atoms with Crippen molar-refractivity contribution in [3.63, 3.8) is 0 Å². The van der Waals surface area contributed by atoms with Crippen molar-refractivity contribution in [2.45, 2.75) is 32.2 Å². The van der Waals surface area contributed by atoms with Crippen LogP contribution in [0.4, 0.5) is 0 Å². The van der Waals surface area contributed by atoms with Gasteiger partial charge in [0, 0.05) is 13.1 Å². The Hall–Kier alpha value is -0.900. The lowest BCUT2D eigenvalue weighted by Crippen LogP contribution is -2.45. The second-order valence-corrected chi connectivity index (χ2v) is 5.67. The van der Waals surface area contributed by atoms with Gasteiger partial charge in [0.15, 0.2) is 0 Å². The van der Waals surface area contributed by atoms with Gasteiger partial charge in [-0.2, -0.15) is 0 Å². The van der Waals surface area contributed by atoms with Gasteiger partial charge in [-0.05, 0) is 38.6 Å². The molecule has 1 aromatic rings. The molecule has 0 bridgehead atoms. The number of hydrogen-bond donors (Lipinski definition) is 2. The number of hydrogen-bond acceptors (Lipinski definition) is 3. The highest BCUT2D eigenvalue weighted by Gasteiger charge is 2.24. The van der Waals surface area contributed by atoms with Gasteiger partial charge in [-0.15, -0.1) is 0 Å². The van der Waals surface area contributed by atoms with E-state index in [1.54, 1.807) is 0 Å². The fraction of sp³-hybridized carbons (Fsp3) is 0.625. The molecule has 0 aromatic heterocycles. The lowest BCUT2D eigenvalue weighted by atomic mass is 9.91. The van der Waals surface area contributed by atoms with Crippen molar-refractivity contribution >= 4 is 0 Å². The molecule has 0 fully saturated rings. The Labute approximate surface area is 117 Å². The minimum atomic E-state index is -0.360. The van der Waals surface area contributed by atoms with Gasteiger partial charge >= 0.3 is 0 Å². The summed E-state index contributed by atoms with van der Waals surface area (Å²) in [5.74, 6) is 0. The molecule has 1 rings (SSSR count). The quantitative estimate of drug-likeness (QED) is 0.754. The first-order chi connectivity index (χ1) is 9.01. The molecule has 0 aliphatic rings. The van der Waals surface area contributed by atoms with E-state index in [2.05, 4.69) is 62.4 Å². The van der Waals surface area contributed by atoms with Gasteiger partial charge in [0.2, 0.25) is 0 Å². The second-order valence-electron chi connectivity index (χ2n) is 5.67. The van der Waals surface area contributed by atoms with Crippen LogP contribution in [0.5, 0.6) is 0 Å². The average Bonchev–Trinajstić information content (AvgIpc) is 2.39. The van der Waals surface area contributed by atoms with Crippen LogP contribution < -0.4 is 5.32 Å². The average molecular weight is 264 g/mol. The molecule has 1 aromatic carbocycles. The summed E-state index contributed by atoms with van der Waals surface area (Å²) in [6.45, 7) is 6.17. The van der Waals surface area contributed by atoms with E-state index in [0.717, 1.165) is 31.5 Å². The van der Waals surface area contributed by atoms with Crippen molar-refractivity contribution in [2.24, 2.45) is 0 Å². The Bertz CT molecular complexity index is 362. The van der Waals surface area contributed by atoms with E-state index in [9.17, 15) is 5.11 Å². The molecule has 3 nitrogen and oxygen atoms in total. The van der Waals surface area contributed by atoms with Crippen molar-refractivity contribution in [2.75, 3.05) is 33.8 Å². The maximum Gasteiger partial charge on any atom is 0.0652 e. The molecule has 0 saturated heterocycles. The van der Waals surface area contributed by atoms with E-state index in [1.165, 1.54) is 5.56 Å². The number of aryl methyl sites for hydroxylation is 1. The van der Waals surface area contributed by atoms with Gasteiger partial charge in [0.1, 0.15) is 0 Å². The highest BCUT2D eigenvalue weighted by molar-refractivity contribution is 5.28. The predicted octanol–water partition coefficient (Wildman–Crippen LogP) is 2.00. The van der Waals surface area contributed by atoms with Gasteiger partial charge in [0.25, 0.3) is 0 Å². The van der Waals surface area contributed by atoms with Crippen molar-refractivity contribution in [1.29, 1.82) is 0 Å². The summed E-state index contributed by atoms with van der Waals surface area (Å²) in [5, 5.41) is 13.2. The lowest BCUT2D eigenvalue weighted by molar-refractivity contribution is 0.172. The SMILES string of the molecule is CCCc1ccc(C(C)(CO)NCCN(C)C)cc1. The largest absolute Gasteiger partial charge is 0.394 e. The molecule has 1 unspecified atom stereocenters. The molecule has 19 heavy (non-hydrogen) atoms. The molecule has 0 heterocycles. The van der Waals surface area contributed by atoms with Crippen molar-refractivity contribution in [1.82, 2.24) is 10.2 Å². The van der Waals surface area contributed by atoms with Crippen molar-refractivity contribution in [3.8, 4) is 0 Å². The maximum absolute atomic E-state index is 9.70. The first-order valence-electron chi connectivity index (χ1n) is 7.12. The molecule has 2 N–H and O–H groups in total. The fourth-order valence-electron chi connectivity index (χ4n) is 2.13. The van der Waals surface area contributed by atoms with Crippen LogP contribution in [0.25, 0.3) is 0 Å². The van der Waals surface area contributed by atoms with Crippen LogP contribution in [0, 0.1) is 0 Å². The van der Waals surface area contributed by atoms with Gasteiger partial charge in [-0.3, -0.25) is 0 Å². The second kappa shape index (κ2) is 7.63. The third-order valence-electron chi connectivity index (χ3n) is 3.52. The Kier molecular flexibility index (Phi) is 6.49. The topological polar surface area (TPSA) is 35.5 Å².